The van der Waals surface area contributed by atoms with Crippen LogP contribution in [0.3, 0.4) is 0 Å². The number of pyridine rings is 1. The Morgan fingerprint density at radius 2 is 2.00 bits per heavy atom. The molecule has 0 radical (unpaired) electrons. The van der Waals surface area contributed by atoms with Crippen LogP contribution >= 0.6 is 0 Å². The van der Waals surface area contributed by atoms with Crippen LogP contribution in [0, 0.1) is 6.92 Å². The molecule has 0 atom stereocenters. The Morgan fingerprint density at radius 3 is 2.61 bits per heavy atom. The van der Waals surface area contributed by atoms with E-state index in [1.165, 1.54) is 18.9 Å². The number of hydrogen-bond donors (Lipinski definition) is 1. The third-order valence-corrected chi connectivity index (χ3v) is 3.62. The highest BCUT2D eigenvalue weighted by Crippen LogP contribution is 2.19. The van der Waals surface area contributed by atoms with Gasteiger partial charge in [-0.15, -0.1) is 0 Å². The van der Waals surface area contributed by atoms with Gasteiger partial charge in [-0.3, -0.25) is 9.69 Å². The molecule has 18 heavy (non-hydrogen) atoms. The molecule has 0 aliphatic carbocycles. The van der Waals surface area contributed by atoms with Crippen LogP contribution < -0.4 is 5.43 Å². The van der Waals surface area contributed by atoms with Gasteiger partial charge in [-0.1, -0.05) is 6.92 Å². The Morgan fingerprint density at radius 1 is 1.33 bits per heavy atom. The molecule has 0 bridgehead atoms. The quantitative estimate of drug-likeness (QED) is 0.887. The first-order valence-electron chi connectivity index (χ1n) is 6.78. The Kier molecular flexibility index (Phi) is 4.07. The smallest absolute Gasteiger partial charge is 0.223 e. The van der Waals surface area contributed by atoms with E-state index in [1.54, 1.807) is 0 Å². The average Bonchev–Trinajstić information content (AvgIpc) is 2.83. The minimum atomic E-state index is -0.256. The fourth-order valence-corrected chi connectivity index (χ4v) is 2.67. The number of likely N-dealkylation sites (tertiary alicyclic amines) is 1. The first kappa shape index (κ1) is 13.1. The third-order valence-electron chi connectivity index (χ3n) is 3.62. The van der Waals surface area contributed by atoms with Gasteiger partial charge in [0, 0.05) is 24.8 Å². The minimum Gasteiger partial charge on any atom is -0.503 e. The lowest BCUT2D eigenvalue weighted by atomic mass is 10.2. The van der Waals surface area contributed by atoms with Crippen LogP contribution in [0.4, 0.5) is 0 Å². The van der Waals surface area contributed by atoms with E-state index in [0.29, 0.717) is 6.54 Å². The number of rotatable bonds is 4. The van der Waals surface area contributed by atoms with E-state index >= 15 is 0 Å². The molecule has 1 aromatic heterocycles. The molecule has 0 aromatic carbocycles. The molecule has 1 aromatic rings. The molecule has 1 N–H and O–H groups in total. The van der Waals surface area contributed by atoms with E-state index in [9.17, 15) is 9.90 Å². The number of aromatic nitrogens is 1. The topological polar surface area (TPSA) is 45.5 Å². The molecular formula is C14H22N2O2. The van der Waals surface area contributed by atoms with Crippen molar-refractivity contribution >= 4 is 0 Å². The predicted octanol–water partition coefficient (Wildman–Crippen LogP) is 1.87. The van der Waals surface area contributed by atoms with Crippen molar-refractivity contribution in [2.24, 2.45) is 0 Å². The van der Waals surface area contributed by atoms with Crippen LogP contribution in [0.2, 0.25) is 0 Å². The lowest BCUT2D eigenvalue weighted by Crippen LogP contribution is -2.25. The normalized spacial score (nSPS) is 16.3. The van der Waals surface area contributed by atoms with Crippen LogP contribution in [0.25, 0.3) is 0 Å². The van der Waals surface area contributed by atoms with Crippen LogP contribution in [0.15, 0.2) is 10.9 Å². The van der Waals surface area contributed by atoms with Crippen molar-refractivity contribution in [3.8, 4) is 5.75 Å². The molecule has 0 amide bonds. The van der Waals surface area contributed by atoms with Gasteiger partial charge >= 0.3 is 0 Å². The van der Waals surface area contributed by atoms with Crippen molar-refractivity contribution in [1.29, 1.82) is 0 Å². The molecule has 4 heteroatoms. The van der Waals surface area contributed by atoms with Crippen molar-refractivity contribution in [1.82, 2.24) is 9.47 Å². The largest absolute Gasteiger partial charge is 0.503 e. The summed E-state index contributed by atoms with van der Waals surface area (Å²) in [6.07, 6.45) is 3.42. The Hall–Kier alpha value is -1.29. The van der Waals surface area contributed by atoms with Gasteiger partial charge < -0.3 is 9.67 Å². The molecule has 1 aliphatic rings. The van der Waals surface area contributed by atoms with Crippen LogP contribution in [-0.2, 0) is 13.1 Å². The van der Waals surface area contributed by atoms with Crippen molar-refractivity contribution in [3.05, 3.63) is 27.7 Å². The lowest BCUT2D eigenvalue weighted by molar-refractivity contribution is 0.308. The number of hydrogen-bond acceptors (Lipinski definition) is 3. The summed E-state index contributed by atoms with van der Waals surface area (Å²) in [7, 11) is 0. The molecule has 100 valence electrons. The summed E-state index contributed by atoms with van der Waals surface area (Å²) in [5, 5.41) is 10.0. The SMILES string of the molecule is CCCn1c(C)cc(=O)c(O)c1CN1CCCC1. The van der Waals surface area contributed by atoms with Crippen LogP contribution in [0.5, 0.6) is 5.75 Å². The highest BCUT2D eigenvalue weighted by molar-refractivity contribution is 5.29. The van der Waals surface area contributed by atoms with E-state index in [4.69, 9.17) is 0 Å². The Labute approximate surface area is 108 Å². The van der Waals surface area contributed by atoms with Gasteiger partial charge in [-0.05, 0) is 39.3 Å². The van der Waals surface area contributed by atoms with E-state index in [0.717, 1.165) is 37.4 Å². The van der Waals surface area contributed by atoms with Gasteiger partial charge in [-0.2, -0.15) is 0 Å². The minimum absolute atomic E-state index is 0.0686. The standard InChI is InChI=1S/C14H22N2O2/c1-3-6-16-11(2)9-13(17)14(18)12(16)10-15-7-4-5-8-15/h9,18H,3-8,10H2,1-2H3. The zero-order chi connectivity index (χ0) is 13.1. The van der Waals surface area contributed by atoms with E-state index in [-0.39, 0.29) is 11.2 Å². The lowest BCUT2D eigenvalue weighted by Gasteiger charge is -2.21. The van der Waals surface area contributed by atoms with Gasteiger partial charge in [0.2, 0.25) is 5.43 Å². The second-order valence-corrected chi connectivity index (χ2v) is 5.08. The zero-order valence-electron chi connectivity index (χ0n) is 11.3. The molecule has 1 saturated heterocycles. The third kappa shape index (κ3) is 2.58. The molecule has 2 heterocycles. The fraction of sp³-hybridized carbons (Fsp3) is 0.643. The van der Waals surface area contributed by atoms with Crippen LogP contribution in [-0.4, -0.2) is 27.7 Å². The van der Waals surface area contributed by atoms with E-state index in [2.05, 4.69) is 16.4 Å². The van der Waals surface area contributed by atoms with Crippen molar-refractivity contribution < 1.29 is 5.11 Å². The second kappa shape index (κ2) is 5.57. The summed E-state index contributed by atoms with van der Waals surface area (Å²) in [6, 6.07) is 1.53. The predicted molar refractivity (Wildman–Crippen MR) is 71.9 cm³/mol. The maximum Gasteiger partial charge on any atom is 0.223 e. The molecule has 0 spiro atoms. The average molecular weight is 250 g/mol. The van der Waals surface area contributed by atoms with Crippen molar-refractivity contribution in [2.75, 3.05) is 13.1 Å². The molecule has 2 rings (SSSR count). The van der Waals surface area contributed by atoms with Gasteiger partial charge in [0.05, 0.1) is 5.69 Å². The van der Waals surface area contributed by atoms with Crippen LogP contribution in [0.1, 0.15) is 37.6 Å². The maximum atomic E-state index is 11.7. The first-order chi connectivity index (χ1) is 8.63. The Balaban J connectivity index is 2.37. The van der Waals surface area contributed by atoms with Crippen molar-refractivity contribution in [3.63, 3.8) is 0 Å². The zero-order valence-corrected chi connectivity index (χ0v) is 11.3. The van der Waals surface area contributed by atoms with Gasteiger partial charge in [0.25, 0.3) is 0 Å². The molecule has 4 nitrogen and oxygen atoms in total. The summed E-state index contributed by atoms with van der Waals surface area (Å²) in [5.74, 6) is -0.0686. The molecule has 1 fully saturated rings. The maximum absolute atomic E-state index is 11.7. The highest BCUT2D eigenvalue weighted by Gasteiger charge is 2.18. The summed E-state index contributed by atoms with van der Waals surface area (Å²) >= 11 is 0. The summed E-state index contributed by atoms with van der Waals surface area (Å²) in [5.41, 5.74) is 1.46. The van der Waals surface area contributed by atoms with Gasteiger partial charge in [0.1, 0.15) is 0 Å². The van der Waals surface area contributed by atoms with E-state index in [1.807, 2.05) is 6.92 Å². The van der Waals surface area contributed by atoms with Gasteiger partial charge in [0.15, 0.2) is 5.75 Å². The molecule has 0 saturated carbocycles. The number of aromatic hydroxyl groups is 1. The highest BCUT2D eigenvalue weighted by atomic mass is 16.3. The van der Waals surface area contributed by atoms with Gasteiger partial charge in [-0.25, -0.2) is 0 Å². The molecule has 0 unspecified atom stereocenters. The molecule has 1 aliphatic heterocycles. The molecular weight excluding hydrogens is 228 g/mol. The summed E-state index contributed by atoms with van der Waals surface area (Å²) in [4.78, 5) is 14.0. The first-order valence-corrected chi connectivity index (χ1v) is 6.78. The summed E-state index contributed by atoms with van der Waals surface area (Å²) in [6.45, 7) is 7.70. The number of nitrogens with zero attached hydrogens (tertiary/aromatic N) is 2. The van der Waals surface area contributed by atoms with Crippen molar-refractivity contribution in [2.45, 2.75) is 46.2 Å². The van der Waals surface area contributed by atoms with E-state index < -0.39 is 0 Å². The monoisotopic (exact) mass is 250 g/mol. The second-order valence-electron chi connectivity index (χ2n) is 5.08. The number of aryl methyl sites for hydroxylation is 1. The fourth-order valence-electron chi connectivity index (χ4n) is 2.67. The Bertz CT molecular complexity index is 473. The summed E-state index contributed by atoms with van der Waals surface area (Å²) < 4.78 is 2.08.